The Balaban J connectivity index is 1.30. The second-order valence-electron chi connectivity index (χ2n) is 6.59. The number of carbonyl (C=O) groups excluding carboxylic acids is 1. The van der Waals surface area contributed by atoms with Gasteiger partial charge in [-0.2, -0.15) is 0 Å². The highest BCUT2D eigenvalue weighted by molar-refractivity contribution is 9.10. The molecule has 1 amide bonds. The van der Waals surface area contributed by atoms with Gasteiger partial charge in [0.1, 0.15) is 0 Å². The molecule has 6 heteroatoms. The third kappa shape index (κ3) is 5.28. The maximum Gasteiger partial charge on any atom is 0.225 e. The number of halogens is 1. The number of likely N-dealkylation sites (tertiary alicyclic amines) is 1. The summed E-state index contributed by atoms with van der Waals surface area (Å²) in [7, 11) is 0. The Bertz CT molecular complexity index is 524. The molecule has 2 aliphatic heterocycles. The predicted molar refractivity (Wildman–Crippen MR) is 99.2 cm³/mol. The lowest BCUT2D eigenvalue weighted by molar-refractivity contribution is -0.116. The van der Waals surface area contributed by atoms with Crippen LogP contribution in [0.1, 0.15) is 25.7 Å². The van der Waals surface area contributed by atoms with Crippen molar-refractivity contribution in [1.29, 1.82) is 0 Å². The smallest absolute Gasteiger partial charge is 0.225 e. The standard InChI is InChI=1S/C18H26BrN3O2/c19-14-1-3-16(4-2-14)21-18(23)5-9-20-15-6-10-22(11-7-15)17-8-12-24-13-17/h1-4,15,17,20H,5-13H2,(H,21,23). The number of hydrogen-bond acceptors (Lipinski definition) is 4. The molecule has 5 nitrogen and oxygen atoms in total. The van der Waals surface area contributed by atoms with Gasteiger partial charge in [0.25, 0.3) is 0 Å². The molecule has 2 N–H and O–H groups in total. The molecule has 0 bridgehead atoms. The summed E-state index contributed by atoms with van der Waals surface area (Å²) in [6.07, 6.45) is 4.00. The van der Waals surface area contributed by atoms with Crippen molar-refractivity contribution in [3.8, 4) is 0 Å². The average molecular weight is 396 g/mol. The van der Waals surface area contributed by atoms with E-state index in [1.54, 1.807) is 0 Å². The number of hydrogen-bond donors (Lipinski definition) is 2. The third-order valence-electron chi connectivity index (χ3n) is 4.86. The molecular weight excluding hydrogens is 370 g/mol. The lowest BCUT2D eigenvalue weighted by Crippen LogP contribution is -2.47. The van der Waals surface area contributed by atoms with Crippen LogP contribution < -0.4 is 10.6 Å². The Morgan fingerprint density at radius 1 is 1.21 bits per heavy atom. The molecule has 1 aromatic carbocycles. The van der Waals surface area contributed by atoms with E-state index in [1.165, 1.54) is 6.42 Å². The van der Waals surface area contributed by atoms with E-state index in [9.17, 15) is 4.79 Å². The van der Waals surface area contributed by atoms with Crippen molar-refractivity contribution in [3.05, 3.63) is 28.7 Å². The fraction of sp³-hybridized carbons (Fsp3) is 0.611. The van der Waals surface area contributed by atoms with Crippen molar-refractivity contribution in [3.63, 3.8) is 0 Å². The van der Waals surface area contributed by atoms with Gasteiger partial charge in [0.15, 0.2) is 0 Å². The van der Waals surface area contributed by atoms with Crippen molar-refractivity contribution in [1.82, 2.24) is 10.2 Å². The number of carbonyl (C=O) groups is 1. The van der Waals surface area contributed by atoms with Gasteiger partial charge in [0, 0.05) is 54.9 Å². The Morgan fingerprint density at radius 3 is 2.62 bits per heavy atom. The third-order valence-corrected chi connectivity index (χ3v) is 5.39. The molecule has 0 aliphatic carbocycles. The number of rotatable bonds is 6. The van der Waals surface area contributed by atoms with Gasteiger partial charge >= 0.3 is 0 Å². The van der Waals surface area contributed by atoms with Crippen molar-refractivity contribution < 1.29 is 9.53 Å². The lowest BCUT2D eigenvalue weighted by Gasteiger charge is -2.35. The normalized spacial score (nSPS) is 22.6. The Hall–Kier alpha value is -0.950. The minimum Gasteiger partial charge on any atom is -0.380 e. The van der Waals surface area contributed by atoms with Crippen LogP contribution in [0, 0.1) is 0 Å². The van der Waals surface area contributed by atoms with Crippen molar-refractivity contribution >= 4 is 27.5 Å². The SMILES string of the molecule is O=C(CCNC1CCN(C2CCOC2)CC1)Nc1ccc(Br)cc1. The van der Waals surface area contributed by atoms with E-state index in [4.69, 9.17) is 4.74 Å². The Morgan fingerprint density at radius 2 is 1.96 bits per heavy atom. The van der Waals surface area contributed by atoms with E-state index >= 15 is 0 Å². The molecule has 0 spiro atoms. The van der Waals surface area contributed by atoms with Gasteiger partial charge in [-0.3, -0.25) is 9.69 Å². The fourth-order valence-corrected chi connectivity index (χ4v) is 3.69. The first-order valence-electron chi connectivity index (χ1n) is 8.81. The molecule has 0 radical (unpaired) electrons. The second-order valence-corrected chi connectivity index (χ2v) is 7.50. The summed E-state index contributed by atoms with van der Waals surface area (Å²) in [4.78, 5) is 14.5. The average Bonchev–Trinajstić information content (AvgIpc) is 3.12. The second kappa shape index (κ2) is 8.94. The van der Waals surface area contributed by atoms with Gasteiger partial charge in [-0.1, -0.05) is 15.9 Å². The quantitative estimate of drug-likeness (QED) is 0.777. The summed E-state index contributed by atoms with van der Waals surface area (Å²) in [5, 5.41) is 6.46. The minimum absolute atomic E-state index is 0.0605. The van der Waals surface area contributed by atoms with Gasteiger partial charge in [-0.15, -0.1) is 0 Å². The minimum atomic E-state index is 0.0605. The van der Waals surface area contributed by atoms with Crippen LogP contribution in [0.25, 0.3) is 0 Å². The molecule has 2 aliphatic rings. The van der Waals surface area contributed by atoms with E-state index in [-0.39, 0.29) is 5.91 Å². The van der Waals surface area contributed by atoms with Gasteiger partial charge < -0.3 is 15.4 Å². The monoisotopic (exact) mass is 395 g/mol. The molecule has 24 heavy (non-hydrogen) atoms. The van der Waals surface area contributed by atoms with E-state index < -0.39 is 0 Å². The summed E-state index contributed by atoms with van der Waals surface area (Å²) in [6.45, 7) is 4.82. The molecule has 0 saturated carbocycles. The highest BCUT2D eigenvalue weighted by atomic mass is 79.9. The summed E-state index contributed by atoms with van der Waals surface area (Å²) in [5.41, 5.74) is 0.843. The van der Waals surface area contributed by atoms with Crippen LogP contribution in [0.4, 0.5) is 5.69 Å². The van der Waals surface area contributed by atoms with Gasteiger partial charge in [0.2, 0.25) is 5.91 Å². The number of amides is 1. The van der Waals surface area contributed by atoms with Crippen molar-refractivity contribution in [2.75, 3.05) is 38.2 Å². The van der Waals surface area contributed by atoms with E-state index in [0.717, 1.165) is 55.8 Å². The largest absolute Gasteiger partial charge is 0.380 e. The highest BCUT2D eigenvalue weighted by Crippen LogP contribution is 2.18. The molecule has 132 valence electrons. The fourth-order valence-electron chi connectivity index (χ4n) is 3.43. The Kier molecular flexibility index (Phi) is 6.66. The van der Waals surface area contributed by atoms with Crippen molar-refractivity contribution in [2.24, 2.45) is 0 Å². The summed E-state index contributed by atoms with van der Waals surface area (Å²) in [6, 6.07) is 8.82. The van der Waals surface area contributed by atoms with Crippen molar-refractivity contribution in [2.45, 2.75) is 37.8 Å². The highest BCUT2D eigenvalue weighted by Gasteiger charge is 2.27. The van der Waals surface area contributed by atoms with E-state index in [2.05, 4.69) is 31.5 Å². The molecule has 2 heterocycles. The van der Waals surface area contributed by atoms with Crippen LogP contribution in [-0.4, -0.2) is 55.7 Å². The van der Waals surface area contributed by atoms with Crippen LogP contribution >= 0.6 is 15.9 Å². The first-order chi connectivity index (χ1) is 11.7. The molecule has 1 unspecified atom stereocenters. The zero-order valence-corrected chi connectivity index (χ0v) is 15.6. The van der Waals surface area contributed by atoms with Gasteiger partial charge in [0.05, 0.1) is 6.61 Å². The summed E-state index contributed by atoms with van der Waals surface area (Å²) < 4.78 is 6.49. The molecule has 2 fully saturated rings. The zero-order chi connectivity index (χ0) is 16.8. The maximum absolute atomic E-state index is 12.0. The molecule has 1 atom stereocenters. The predicted octanol–water partition coefficient (Wildman–Crippen LogP) is 2.62. The first kappa shape index (κ1) is 17.9. The van der Waals surface area contributed by atoms with Crippen LogP contribution in [0.15, 0.2) is 28.7 Å². The van der Waals surface area contributed by atoms with Crippen LogP contribution in [-0.2, 0) is 9.53 Å². The van der Waals surface area contributed by atoms with Crippen LogP contribution in [0.3, 0.4) is 0 Å². The Labute approximate surface area is 152 Å². The van der Waals surface area contributed by atoms with E-state index in [1.807, 2.05) is 24.3 Å². The zero-order valence-electron chi connectivity index (χ0n) is 14.0. The number of nitrogens with zero attached hydrogens (tertiary/aromatic N) is 1. The number of benzene rings is 1. The molecular formula is C18H26BrN3O2. The van der Waals surface area contributed by atoms with Crippen LogP contribution in [0.2, 0.25) is 0 Å². The molecule has 0 aromatic heterocycles. The maximum atomic E-state index is 12.0. The lowest BCUT2D eigenvalue weighted by atomic mass is 10.0. The number of anilines is 1. The number of ether oxygens (including phenoxy) is 1. The molecule has 1 aromatic rings. The molecule has 3 rings (SSSR count). The summed E-state index contributed by atoms with van der Waals surface area (Å²) >= 11 is 3.39. The number of piperidine rings is 1. The number of nitrogens with one attached hydrogen (secondary N) is 2. The van der Waals surface area contributed by atoms with Gasteiger partial charge in [-0.25, -0.2) is 0 Å². The van der Waals surface area contributed by atoms with Crippen LogP contribution in [0.5, 0.6) is 0 Å². The molecule has 2 saturated heterocycles. The summed E-state index contributed by atoms with van der Waals surface area (Å²) in [5.74, 6) is 0.0605. The first-order valence-corrected chi connectivity index (χ1v) is 9.60. The topological polar surface area (TPSA) is 53.6 Å². The van der Waals surface area contributed by atoms with E-state index in [0.29, 0.717) is 18.5 Å². The van der Waals surface area contributed by atoms with Gasteiger partial charge in [-0.05, 0) is 43.5 Å².